The minimum absolute atomic E-state index is 0.0137. The summed E-state index contributed by atoms with van der Waals surface area (Å²) in [6, 6.07) is 11.8. The molecule has 10 heteroatoms. The van der Waals surface area contributed by atoms with Gasteiger partial charge in [0.25, 0.3) is 0 Å². The monoisotopic (exact) mass is 585 g/mol. The van der Waals surface area contributed by atoms with Gasteiger partial charge in [-0.25, -0.2) is 4.39 Å². The van der Waals surface area contributed by atoms with Crippen LogP contribution in [0.4, 0.5) is 10.2 Å². The molecule has 9 nitrogen and oxygen atoms in total. The zero-order valence-electron chi connectivity index (χ0n) is 24.5. The molecular weight excluding hydrogens is 549 g/mol. The SMILES string of the molecule is COCOc1cc(-c2ncc3c(N4CCC5(CC4)CO5)nc(OCC45CCCN4CCC5)nc3c2F)c2ccccc2c1. The Labute approximate surface area is 249 Å². The lowest BCUT2D eigenvalue weighted by Crippen LogP contribution is -2.43. The Bertz CT molecular complexity index is 1680. The van der Waals surface area contributed by atoms with Crippen LogP contribution in [0.15, 0.2) is 42.6 Å². The molecule has 0 unspecified atom stereocenters. The average Bonchev–Trinajstić information content (AvgIpc) is 3.47. The van der Waals surface area contributed by atoms with Crippen molar-refractivity contribution in [1.82, 2.24) is 19.9 Å². The van der Waals surface area contributed by atoms with Crippen molar-refractivity contribution in [1.29, 1.82) is 0 Å². The number of fused-ring (bicyclic) bond motifs is 3. The predicted octanol–water partition coefficient (Wildman–Crippen LogP) is 5.34. The van der Waals surface area contributed by atoms with E-state index in [1.807, 2.05) is 36.4 Å². The maximum absolute atomic E-state index is 16.8. The van der Waals surface area contributed by atoms with Crippen molar-refractivity contribution in [3.8, 4) is 23.0 Å². The van der Waals surface area contributed by atoms with Gasteiger partial charge in [0.05, 0.1) is 23.1 Å². The lowest BCUT2D eigenvalue weighted by molar-refractivity contribution is 0.0512. The van der Waals surface area contributed by atoms with Crippen LogP contribution < -0.4 is 14.4 Å². The molecule has 0 saturated carbocycles. The van der Waals surface area contributed by atoms with E-state index in [9.17, 15) is 0 Å². The number of rotatable bonds is 8. The molecule has 0 aliphatic carbocycles. The van der Waals surface area contributed by atoms with Gasteiger partial charge in [0.2, 0.25) is 0 Å². The van der Waals surface area contributed by atoms with E-state index in [1.54, 1.807) is 13.3 Å². The zero-order valence-corrected chi connectivity index (χ0v) is 24.5. The molecule has 2 aromatic heterocycles. The smallest absolute Gasteiger partial charge is 0.319 e. The molecule has 4 aliphatic heterocycles. The van der Waals surface area contributed by atoms with Crippen molar-refractivity contribution >= 4 is 27.5 Å². The predicted molar refractivity (Wildman–Crippen MR) is 161 cm³/mol. The van der Waals surface area contributed by atoms with Crippen LogP contribution in [0, 0.1) is 5.82 Å². The van der Waals surface area contributed by atoms with Crippen LogP contribution in [0.5, 0.6) is 11.8 Å². The molecule has 1 spiro atoms. The number of ether oxygens (including phenoxy) is 4. The summed E-state index contributed by atoms with van der Waals surface area (Å²) in [7, 11) is 1.57. The van der Waals surface area contributed by atoms with Gasteiger partial charge in [-0.1, -0.05) is 24.3 Å². The maximum atomic E-state index is 16.8. The number of halogens is 1. The molecule has 0 N–H and O–H groups in total. The van der Waals surface area contributed by atoms with E-state index in [-0.39, 0.29) is 35.2 Å². The number of methoxy groups -OCH3 is 1. The van der Waals surface area contributed by atoms with E-state index >= 15 is 4.39 Å². The molecule has 8 rings (SSSR count). The topological polar surface area (TPSA) is 85.4 Å². The third kappa shape index (κ3) is 4.76. The number of benzene rings is 2. The quantitative estimate of drug-likeness (QED) is 0.201. The van der Waals surface area contributed by atoms with Crippen LogP contribution >= 0.6 is 0 Å². The fourth-order valence-electron chi connectivity index (χ4n) is 7.38. The Morgan fingerprint density at radius 3 is 2.51 bits per heavy atom. The fourth-order valence-corrected chi connectivity index (χ4v) is 7.38. The second-order valence-corrected chi connectivity index (χ2v) is 12.4. The number of pyridine rings is 1. The van der Waals surface area contributed by atoms with Crippen molar-refractivity contribution in [2.45, 2.75) is 49.7 Å². The number of anilines is 1. The van der Waals surface area contributed by atoms with Gasteiger partial charge < -0.3 is 23.8 Å². The molecule has 0 atom stereocenters. The highest BCUT2D eigenvalue weighted by molar-refractivity contribution is 6.00. The second kappa shape index (κ2) is 10.5. The summed E-state index contributed by atoms with van der Waals surface area (Å²) in [6.07, 6.45) is 8.11. The molecule has 6 heterocycles. The minimum Gasteiger partial charge on any atom is -0.468 e. The lowest BCUT2D eigenvalue weighted by Gasteiger charge is -2.33. The summed E-state index contributed by atoms with van der Waals surface area (Å²) in [5, 5.41) is 2.37. The number of piperidine rings is 1. The van der Waals surface area contributed by atoms with E-state index in [4.69, 9.17) is 28.9 Å². The van der Waals surface area contributed by atoms with E-state index < -0.39 is 5.82 Å². The highest BCUT2D eigenvalue weighted by Crippen LogP contribution is 2.42. The van der Waals surface area contributed by atoms with Crippen molar-refractivity contribution < 1.29 is 23.3 Å². The van der Waals surface area contributed by atoms with Crippen LogP contribution in [0.1, 0.15) is 38.5 Å². The summed E-state index contributed by atoms with van der Waals surface area (Å²) in [4.78, 5) is 19.0. The van der Waals surface area contributed by atoms with Gasteiger partial charge >= 0.3 is 6.01 Å². The Balaban J connectivity index is 1.22. The number of nitrogens with zero attached hydrogens (tertiary/aromatic N) is 5. The summed E-state index contributed by atoms with van der Waals surface area (Å²) in [5.74, 6) is 0.744. The first-order chi connectivity index (χ1) is 21.1. The molecular formula is C33H36FN5O4. The number of hydrogen-bond acceptors (Lipinski definition) is 9. The Kier molecular flexibility index (Phi) is 6.61. The van der Waals surface area contributed by atoms with Crippen molar-refractivity contribution in [2.24, 2.45) is 0 Å². The van der Waals surface area contributed by atoms with Gasteiger partial charge in [0.15, 0.2) is 12.6 Å². The number of hydrogen-bond donors (Lipinski definition) is 0. The highest BCUT2D eigenvalue weighted by atomic mass is 19.1. The summed E-state index contributed by atoms with van der Waals surface area (Å²) in [5.41, 5.74) is 1.10. The van der Waals surface area contributed by atoms with Gasteiger partial charge in [-0.3, -0.25) is 9.88 Å². The average molecular weight is 586 g/mol. The van der Waals surface area contributed by atoms with Crippen molar-refractivity contribution in [3.63, 3.8) is 0 Å². The lowest BCUT2D eigenvalue weighted by atomic mass is 9.95. The van der Waals surface area contributed by atoms with Crippen molar-refractivity contribution in [3.05, 3.63) is 48.4 Å². The Morgan fingerprint density at radius 2 is 1.74 bits per heavy atom. The summed E-state index contributed by atoms with van der Waals surface area (Å²) in [6.45, 7) is 5.18. The van der Waals surface area contributed by atoms with Gasteiger partial charge in [0, 0.05) is 32.0 Å². The van der Waals surface area contributed by atoms with Crippen LogP contribution in [0.25, 0.3) is 32.9 Å². The normalized spacial score (nSPS) is 20.7. The van der Waals surface area contributed by atoms with Crippen LogP contribution in [0.2, 0.25) is 0 Å². The molecule has 4 aliphatic rings. The first kappa shape index (κ1) is 27.0. The zero-order chi connectivity index (χ0) is 29.0. The van der Waals surface area contributed by atoms with Gasteiger partial charge in [-0.05, 0) is 74.5 Å². The first-order valence-electron chi connectivity index (χ1n) is 15.3. The molecule has 43 heavy (non-hydrogen) atoms. The molecule has 0 bridgehead atoms. The Hall–Kier alpha value is -3.60. The molecule has 2 aromatic carbocycles. The molecule has 224 valence electrons. The molecule has 0 radical (unpaired) electrons. The summed E-state index contributed by atoms with van der Waals surface area (Å²) < 4.78 is 39.8. The fraction of sp³-hybridized carbons (Fsp3) is 0.485. The number of epoxide rings is 1. The number of aromatic nitrogens is 3. The van der Waals surface area contributed by atoms with E-state index in [0.717, 1.165) is 69.2 Å². The standard InChI is InChI=1S/C33H36FN5O4/c1-40-21-42-23-16-22-6-2-3-7-24(22)25(17-23)28-27(34)29-26(18-35-28)30(38-14-10-33(11-15-38)20-43-33)37-31(36-29)41-19-32-8-4-12-39(32)13-5-9-32/h2-3,6-7,16-18H,4-5,8-15,19-21H2,1H3. The van der Waals surface area contributed by atoms with Gasteiger partial charge in [0.1, 0.15) is 29.4 Å². The summed E-state index contributed by atoms with van der Waals surface area (Å²) >= 11 is 0. The van der Waals surface area contributed by atoms with Crippen molar-refractivity contribution in [2.75, 3.05) is 58.2 Å². The largest absolute Gasteiger partial charge is 0.468 e. The Morgan fingerprint density at radius 1 is 0.953 bits per heavy atom. The van der Waals surface area contributed by atoms with Crippen LogP contribution in [-0.2, 0) is 9.47 Å². The van der Waals surface area contributed by atoms with Crippen LogP contribution in [0.3, 0.4) is 0 Å². The van der Waals surface area contributed by atoms with E-state index in [0.29, 0.717) is 29.1 Å². The van der Waals surface area contributed by atoms with E-state index in [2.05, 4.69) is 14.8 Å². The molecule has 0 amide bonds. The van der Waals surface area contributed by atoms with Crippen LogP contribution in [-0.4, -0.2) is 84.3 Å². The second-order valence-electron chi connectivity index (χ2n) is 12.4. The highest BCUT2D eigenvalue weighted by Gasteiger charge is 2.47. The van der Waals surface area contributed by atoms with E-state index in [1.165, 1.54) is 12.8 Å². The third-order valence-electron chi connectivity index (χ3n) is 9.89. The first-order valence-corrected chi connectivity index (χ1v) is 15.3. The maximum Gasteiger partial charge on any atom is 0.319 e. The molecule has 4 aromatic rings. The molecule has 4 fully saturated rings. The van der Waals surface area contributed by atoms with Gasteiger partial charge in [-0.15, -0.1) is 0 Å². The third-order valence-corrected chi connectivity index (χ3v) is 9.89. The molecule has 4 saturated heterocycles. The van der Waals surface area contributed by atoms with Gasteiger partial charge in [-0.2, -0.15) is 9.97 Å². The minimum atomic E-state index is -0.499.